The molecule has 3 aromatic rings. The van der Waals surface area contributed by atoms with Crippen molar-refractivity contribution < 1.29 is 4.74 Å². The predicted molar refractivity (Wildman–Crippen MR) is 97.3 cm³/mol. The number of rotatable bonds is 5. The minimum atomic E-state index is 0.412. The molecule has 0 spiro atoms. The number of hydrogen-bond donors (Lipinski definition) is 0. The van der Waals surface area contributed by atoms with Gasteiger partial charge in [0.2, 0.25) is 0 Å². The Bertz CT molecular complexity index is 801. The molecule has 25 heavy (non-hydrogen) atoms. The van der Waals surface area contributed by atoms with Crippen LogP contribution in [0.25, 0.3) is 11.4 Å². The molecule has 4 rings (SSSR count). The summed E-state index contributed by atoms with van der Waals surface area (Å²) in [6.45, 7) is 0.756. The SMILES string of the molecule is COC1CCC(n2ccnc2-c2ccccc2Cn2cccn2)CC1. The van der Waals surface area contributed by atoms with Gasteiger partial charge in [-0.05, 0) is 37.3 Å². The summed E-state index contributed by atoms with van der Waals surface area (Å²) in [5.74, 6) is 1.06. The van der Waals surface area contributed by atoms with E-state index in [1.807, 2.05) is 36.4 Å². The largest absolute Gasteiger partial charge is 0.381 e. The number of nitrogens with zero attached hydrogens (tertiary/aromatic N) is 4. The summed E-state index contributed by atoms with van der Waals surface area (Å²) in [4.78, 5) is 4.69. The van der Waals surface area contributed by atoms with Crippen LogP contribution >= 0.6 is 0 Å². The van der Waals surface area contributed by atoms with E-state index >= 15 is 0 Å². The molecule has 1 fully saturated rings. The Balaban J connectivity index is 1.62. The van der Waals surface area contributed by atoms with Crippen LogP contribution in [0.15, 0.2) is 55.1 Å². The molecule has 2 aromatic heterocycles. The summed E-state index contributed by atoms with van der Waals surface area (Å²) in [6.07, 6.45) is 12.8. The fourth-order valence-corrected chi connectivity index (χ4v) is 3.82. The molecule has 0 radical (unpaired) electrons. The van der Waals surface area contributed by atoms with Gasteiger partial charge in [0.1, 0.15) is 5.82 Å². The van der Waals surface area contributed by atoms with E-state index in [2.05, 4.69) is 40.1 Å². The lowest BCUT2D eigenvalue weighted by Crippen LogP contribution is -2.23. The zero-order valence-electron chi connectivity index (χ0n) is 14.6. The maximum absolute atomic E-state index is 5.51. The second-order valence-corrected chi connectivity index (χ2v) is 6.69. The van der Waals surface area contributed by atoms with Crippen LogP contribution in [0.4, 0.5) is 0 Å². The van der Waals surface area contributed by atoms with Gasteiger partial charge in [-0.25, -0.2) is 4.98 Å². The van der Waals surface area contributed by atoms with Crippen molar-refractivity contribution in [1.82, 2.24) is 19.3 Å². The van der Waals surface area contributed by atoms with E-state index in [1.165, 1.54) is 11.1 Å². The second-order valence-electron chi connectivity index (χ2n) is 6.69. The molecule has 5 nitrogen and oxygen atoms in total. The van der Waals surface area contributed by atoms with Gasteiger partial charge in [-0.1, -0.05) is 24.3 Å². The first kappa shape index (κ1) is 16.1. The Morgan fingerprint density at radius 3 is 2.64 bits per heavy atom. The first-order chi connectivity index (χ1) is 12.3. The summed E-state index contributed by atoms with van der Waals surface area (Å²) in [5, 5.41) is 4.34. The molecule has 1 aromatic carbocycles. The maximum Gasteiger partial charge on any atom is 0.140 e. The van der Waals surface area contributed by atoms with Gasteiger partial charge in [0, 0.05) is 43.5 Å². The molecular weight excluding hydrogens is 312 g/mol. The third kappa shape index (κ3) is 3.37. The van der Waals surface area contributed by atoms with Gasteiger partial charge in [-0.15, -0.1) is 0 Å². The number of methoxy groups -OCH3 is 1. The van der Waals surface area contributed by atoms with Crippen molar-refractivity contribution in [2.45, 2.75) is 44.4 Å². The number of hydrogen-bond acceptors (Lipinski definition) is 3. The maximum atomic E-state index is 5.51. The highest BCUT2D eigenvalue weighted by atomic mass is 16.5. The van der Waals surface area contributed by atoms with E-state index < -0.39 is 0 Å². The molecule has 0 atom stereocenters. The van der Waals surface area contributed by atoms with E-state index in [0.717, 1.165) is 38.1 Å². The van der Waals surface area contributed by atoms with Crippen LogP contribution in [0.1, 0.15) is 37.3 Å². The van der Waals surface area contributed by atoms with Crippen LogP contribution in [0.5, 0.6) is 0 Å². The Kier molecular flexibility index (Phi) is 4.65. The zero-order valence-corrected chi connectivity index (χ0v) is 14.6. The van der Waals surface area contributed by atoms with E-state index in [9.17, 15) is 0 Å². The highest BCUT2D eigenvalue weighted by Gasteiger charge is 2.24. The van der Waals surface area contributed by atoms with Crippen LogP contribution in [0.2, 0.25) is 0 Å². The van der Waals surface area contributed by atoms with Crippen molar-refractivity contribution in [3.05, 3.63) is 60.7 Å². The Labute approximate surface area is 148 Å². The minimum absolute atomic E-state index is 0.412. The number of ether oxygens (including phenoxy) is 1. The van der Waals surface area contributed by atoms with Crippen LogP contribution in [-0.2, 0) is 11.3 Å². The highest BCUT2D eigenvalue weighted by Crippen LogP contribution is 2.34. The monoisotopic (exact) mass is 336 g/mol. The van der Waals surface area contributed by atoms with Crippen LogP contribution in [0, 0.1) is 0 Å². The summed E-state index contributed by atoms with van der Waals surface area (Å²) < 4.78 is 9.82. The van der Waals surface area contributed by atoms with Gasteiger partial charge in [-0.3, -0.25) is 4.68 Å². The number of imidazole rings is 1. The van der Waals surface area contributed by atoms with Crippen molar-refractivity contribution in [2.24, 2.45) is 0 Å². The first-order valence-electron chi connectivity index (χ1n) is 8.96. The molecule has 130 valence electrons. The van der Waals surface area contributed by atoms with Gasteiger partial charge in [0.25, 0.3) is 0 Å². The van der Waals surface area contributed by atoms with E-state index in [-0.39, 0.29) is 0 Å². The average Bonchev–Trinajstić information content (AvgIpc) is 3.34. The fraction of sp³-hybridized carbons (Fsp3) is 0.400. The summed E-state index contributed by atoms with van der Waals surface area (Å²) in [7, 11) is 1.82. The van der Waals surface area contributed by atoms with Crippen molar-refractivity contribution >= 4 is 0 Å². The third-order valence-corrected chi connectivity index (χ3v) is 5.19. The minimum Gasteiger partial charge on any atom is -0.381 e. The topological polar surface area (TPSA) is 44.9 Å². The number of benzene rings is 1. The molecule has 0 saturated heterocycles. The van der Waals surface area contributed by atoms with E-state index in [1.54, 1.807) is 0 Å². The van der Waals surface area contributed by atoms with Gasteiger partial charge in [-0.2, -0.15) is 5.10 Å². The predicted octanol–water partition coefficient (Wildman–Crippen LogP) is 3.93. The second kappa shape index (κ2) is 7.23. The lowest BCUT2D eigenvalue weighted by atomic mass is 9.92. The van der Waals surface area contributed by atoms with E-state index in [4.69, 9.17) is 9.72 Å². The Hall–Kier alpha value is -2.40. The van der Waals surface area contributed by atoms with Crippen molar-refractivity contribution in [1.29, 1.82) is 0 Å². The molecule has 5 heteroatoms. The standard InChI is InChI=1S/C20H24N4O/c1-25-18-9-7-17(8-10-18)24-14-12-21-20(24)19-6-3-2-5-16(19)15-23-13-4-11-22-23/h2-6,11-14,17-18H,7-10,15H2,1H3. The summed E-state index contributed by atoms with van der Waals surface area (Å²) in [5.41, 5.74) is 2.43. The molecule has 0 N–H and O–H groups in total. The summed E-state index contributed by atoms with van der Waals surface area (Å²) in [6, 6.07) is 11.0. The lowest BCUT2D eigenvalue weighted by Gasteiger charge is -2.29. The van der Waals surface area contributed by atoms with Crippen LogP contribution in [0.3, 0.4) is 0 Å². The average molecular weight is 336 g/mol. The fourth-order valence-electron chi connectivity index (χ4n) is 3.82. The first-order valence-corrected chi connectivity index (χ1v) is 8.96. The molecule has 1 saturated carbocycles. The molecule has 0 amide bonds. The summed E-state index contributed by atoms with van der Waals surface area (Å²) >= 11 is 0. The molecule has 0 aliphatic heterocycles. The van der Waals surface area contributed by atoms with Crippen molar-refractivity contribution in [2.75, 3.05) is 7.11 Å². The lowest BCUT2D eigenvalue weighted by molar-refractivity contribution is 0.0586. The molecule has 2 heterocycles. The third-order valence-electron chi connectivity index (χ3n) is 5.19. The molecule has 0 unspecified atom stereocenters. The Morgan fingerprint density at radius 2 is 1.88 bits per heavy atom. The van der Waals surface area contributed by atoms with Crippen LogP contribution < -0.4 is 0 Å². The highest BCUT2D eigenvalue weighted by molar-refractivity contribution is 5.61. The molecule has 1 aliphatic rings. The van der Waals surface area contributed by atoms with E-state index in [0.29, 0.717) is 12.1 Å². The van der Waals surface area contributed by atoms with Crippen LogP contribution in [-0.4, -0.2) is 32.5 Å². The quantitative estimate of drug-likeness (QED) is 0.709. The van der Waals surface area contributed by atoms with Gasteiger partial charge in [0.15, 0.2) is 0 Å². The van der Waals surface area contributed by atoms with Crippen molar-refractivity contribution in [3.63, 3.8) is 0 Å². The smallest absolute Gasteiger partial charge is 0.140 e. The number of aromatic nitrogens is 4. The molecule has 1 aliphatic carbocycles. The van der Waals surface area contributed by atoms with Gasteiger partial charge < -0.3 is 9.30 Å². The normalized spacial score (nSPS) is 20.7. The Morgan fingerprint density at radius 1 is 1.04 bits per heavy atom. The molecular formula is C20H24N4O. The van der Waals surface area contributed by atoms with Crippen molar-refractivity contribution in [3.8, 4) is 11.4 Å². The molecule has 0 bridgehead atoms. The van der Waals surface area contributed by atoms with Gasteiger partial charge in [0.05, 0.1) is 12.6 Å². The van der Waals surface area contributed by atoms with Gasteiger partial charge >= 0.3 is 0 Å². The zero-order chi connectivity index (χ0) is 17.1.